The first-order valence-electron chi connectivity index (χ1n) is 16.3. The van der Waals surface area contributed by atoms with Gasteiger partial charge in [-0.2, -0.15) is 16.9 Å². The topological polar surface area (TPSA) is 384 Å². The fourth-order valence-corrected chi connectivity index (χ4v) is 7.45. The van der Waals surface area contributed by atoms with Crippen LogP contribution < -0.4 is 16.4 Å². The standard InChI is InChI=1S/C21H36N7O16P3S.C6H10O2/c1-21(2,16(31)19(32)24-4-3-12(29)23-5-6-48)8-41-47(38,39)44-46(36,37)40-7-11-15(43-45(33,34)35)14(30)20(42-11)28-10-27-13-17(22)25-9-26-18(13)28;1-2-3-4-5-6(7)8/h9-11,14-16,20,30-31,48H,3-8H2,1-2H3,(H,23,29)(H,24,32)(H,36,37)(H,38,39)(H2,22,25,26)(H2,33,34,35);2-3H,4-5H2,1H3,(H,7,8)/t11-,14-,15-,16+,20-;/m1./s1. The van der Waals surface area contributed by atoms with Crippen molar-refractivity contribution in [2.45, 2.75) is 70.7 Å². The number of fused-ring (bicyclic) bond motifs is 1. The molecule has 0 aliphatic carbocycles. The van der Waals surface area contributed by atoms with Gasteiger partial charge in [-0.1, -0.05) is 26.0 Å². The number of hydrogen-bond donors (Lipinski definition) is 11. The zero-order valence-corrected chi connectivity index (χ0v) is 33.7. The largest absolute Gasteiger partial charge is 0.481 e. The molecule has 25 nitrogen and oxygen atoms in total. The van der Waals surface area contributed by atoms with Crippen LogP contribution in [-0.2, 0) is 50.7 Å². The lowest BCUT2D eigenvalue weighted by Gasteiger charge is -2.30. The van der Waals surface area contributed by atoms with Crippen molar-refractivity contribution in [3.63, 3.8) is 0 Å². The van der Waals surface area contributed by atoms with Crippen LogP contribution in [0, 0.1) is 5.41 Å². The molecule has 318 valence electrons. The Morgan fingerprint density at radius 1 is 1.07 bits per heavy atom. The highest BCUT2D eigenvalue weighted by atomic mass is 32.1. The number of nitrogens with one attached hydrogen (secondary N) is 2. The van der Waals surface area contributed by atoms with Gasteiger partial charge in [0.2, 0.25) is 11.8 Å². The molecule has 0 spiro atoms. The Bertz CT molecular complexity index is 1810. The highest BCUT2D eigenvalue weighted by molar-refractivity contribution is 7.80. The number of aromatic nitrogens is 4. The van der Waals surface area contributed by atoms with E-state index in [2.05, 4.69) is 47.0 Å². The molecule has 2 amide bonds. The second-order valence-corrected chi connectivity index (χ2v) is 17.0. The monoisotopic (exact) mass is 881 g/mol. The number of amides is 2. The summed E-state index contributed by atoms with van der Waals surface area (Å²) >= 11 is 3.95. The maximum absolute atomic E-state index is 12.6. The second-order valence-electron chi connectivity index (χ2n) is 12.3. The Hall–Kier alpha value is -2.90. The summed E-state index contributed by atoms with van der Waals surface area (Å²) in [6.07, 6.45) is -2.16. The van der Waals surface area contributed by atoms with E-state index in [-0.39, 0.29) is 42.3 Å². The quantitative estimate of drug-likeness (QED) is 0.0438. The van der Waals surface area contributed by atoms with E-state index in [1.807, 2.05) is 19.1 Å². The van der Waals surface area contributed by atoms with Gasteiger partial charge >= 0.3 is 29.4 Å². The number of imidazole rings is 1. The van der Waals surface area contributed by atoms with E-state index in [0.29, 0.717) is 18.7 Å². The van der Waals surface area contributed by atoms with E-state index in [9.17, 15) is 57.9 Å². The molecule has 0 saturated carbocycles. The van der Waals surface area contributed by atoms with Gasteiger partial charge in [-0.05, 0) is 13.3 Å². The minimum absolute atomic E-state index is 0.0363. The van der Waals surface area contributed by atoms with E-state index in [1.54, 1.807) is 0 Å². The van der Waals surface area contributed by atoms with Crippen LogP contribution in [0.25, 0.3) is 11.2 Å². The Balaban J connectivity index is 0.00000122. The van der Waals surface area contributed by atoms with Crippen LogP contribution in [0.5, 0.6) is 0 Å². The molecule has 1 fully saturated rings. The summed E-state index contributed by atoms with van der Waals surface area (Å²) in [5.74, 6) is -1.68. The molecule has 1 saturated heterocycles. The number of ether oxygens (including phenoxy) is 1. The average Bonchev–Trinajstić information content (AvgIpc) is 3.65. The zero-order valence-electron chi connectivity index (χ0n) is 30.1. The average molecular weight is 882 g/mol. The van der Waals surface area contributed by atoms with Crippen molar-refractivity contribution in [2.75, 3.05) is 37.8 Å². The molecule has 0 radical (unpaired) electrons. The SMILES string of the molecule is CC(C)(COP(=O)(O)OP(=O)(O)OC[C@H]1O[C@@H](n2cnc3c(N)ncnc32)[C@H](O)[C@@H]1OP(=O)(O)O)[C@@H](O)C(=O)NCCC(=O)NCCS.CC=CCCC(=O)O. The number of phosphoric acid groups is 3. The third kappa shape index (κ3) is 16.2. The third-order valence-electron chi connectivity index (χ3n) is 7.27. The Morgan fingerprint density at radius 2 is 1.73 bits per heavy atom. The van der Waals surface area contributed by atoms with Crippen LogP contribution >= 0.6 is 36.1 Å². The van der Waals surface area contributed by atoms with Crippen molar-refractivity contribution in [1.82, 2.24) is 30.2 Å². The van der Waals surface area contributed by atoms with Crippen LogP contribution in [0.4, 0.5) is 5.82 Å². The lowest BCUT2D eigenvalue weighted by Crippen LogP contribution is -2.46. The number of nitrogen functional groups attached to an aromatic ring is 1. The number of aliphatic carboxylic acids is 1. The molecule has 3 heterocycles. The molecule has 2 unspecified atom stereocenters. The van der Waals surface area contributed by atoms with E-state index in [4.69, 9.17) is 24.6 Å². The molecule has 1 aliphatic heterocycles. The van der Waals surface area contributed by atoms with Gasteiger partial charge in [0.05, 0.1) is 19.5 Å². The minimum atomic E-state index is -5.54. The Labute approximate surface area is 324 Å². The molecule has 56 heavy (non-hydrogen) atoms. The van der Waals surface area contributed by atoms with Gasteiger partial charge in [0.25, 0.3) is 0 Å². The molecule has 0 bridgehead atoms. The number of thiol groups is 1. The number of carboxylic acids is 1. The number of nitrogens with zero attached hydrogens (tertiary/aromatic N) is 4. The molecule has 29 heteroatoms. The van der Waals surface area contributed by atoms with Crippen molar-refractivity contribution >= 4 is 70.9 Å². The van der Waals surface area contributed by atoms with Gasteiger partial charge in [-0.3, -0.25) is 32.5 Å². The number of aliphatic hydroxyl groups excluding tert-OH is 2. The first-order chi connectivity index (χ1) is 25.9. The summed E-state index contributed by atoms with van der Waals surface area (Å²) in [6.45, 7) is 2.60. The first-order valence-corrected chi connectivity index (χ1v) is 21.4. The smallest absolute Gasteiger partial charge is 0.481 e. The lowest BCUT2D eigenvalue weighted by molar-refractivity contribution is -0.137. The van der Waals surface area contributed by atoms with Crippen molar-refractivity contribution in [3.05, 3.63) is 24.8 Å². The number of aliphatic hydroxyl groups is 2. The van der Waals surface area contributed by atoms with Gasteiger partial charge in [0, 0.05) is 37.1 Å². The Kier molecular flexibility index (Phi) is 19.1. The summed E-state index contributed by atoms with van der Waals surface area (Å²) < 4.78 is 61.7. The van der Waals surface area contributed by atoms with Gasteiger partial charge in [0.1, 0.15) is 36.3 Å². The number of phosphoric ester groups is 3. The highest BCUT2D eigenvalue weighted by Crippen LogP contribution is 2.61. The fourth-order valence-electron chi connectivity index (χ4n) is 4.51. The van der Waals surface area contributed by atoms with Crippen molar-refractivity contribution in [3.8, 4) is 0 Å². The van der Waals surface area contributed by atoms with E-state index >= 15 is 0 Å². The summed E-state index contributed by atoms with van der Waals surface area (Å²) in [4.78, 5) is 84.5. The number of carbonyl (C=O) groups excluding carboxylic acids is 2. The van der Waals surface area contributed by atoms with Crippen LogP contribution in [-0.4, -0.2) is 129 Å². The number of allylic oxidation sites excluding steroid dienone is 2. The van der Waals surface area contributed by atoms with E-state index < -0.39 is 84.6 Å². The number of carboxylic acid groups (broad SMARTS) is 1. The number of hydrogen-bond acceptors (Lipinski definition) is 18. The van der Waals surface area contributed by atoms with Crippen LogP contribution in [0.15, 0.2) is 24.8 Å². The van der Waals surface area contributed by atoms with Crippen molar-refractivity contribution in [1.29, 1.82) is 0 Å². The predicted octanol–water partition coefficient (Wildman–Crippen LogP) is -0.238. The van der Waals surface area contributed by atoms with E-state index in [0.717, 1.165) is 17.2 Å². The summed E-state index contributed by atoms with van der Waals surface area (Å²) in [5.41, 5.74) is 4.30. The number of rotatable bonds is 21. The normalized spacial score (nSPS) is 21.5. The summed E-state index contributed by atoms with van der Waals surface area (Å²) in [6, 6.07) is 0. The highest BCUT2D eigenvalue weighted by Gasteiger charge is 2.50. The van der Waals surface area contributed by atoms with Gasteiger partial charge in [0.15, 0.2) is 17.7 Å². The maximum Gasteiger partial charge on any atom is 0.481 e. The third-order valence-corrected chi connectivity index (χ3v) is 10.6. The van der Waals surface area contributed by atoms with Gasteiger partial charge < -0.3 is 56.0 Å². The molecule has 1 aliphatic rings. The molecule has 3 rings (SSSR count). The Morgan fingerprint density at radius 3 is 2.34 bits per heavy atom. The molecule has 0 aromatic carbocycles. The predicted molar refractivity (Wildman–Crippen MR) is 195 cm³/mol. The number of anilines is 1. The van der Waals surface area contributed by atoms with Crippen LogP contribution in [0.2, 0.25) is 0 Å². The lowest BCUT2D eigenvalue weighted by atomic mass is 9.87. The molecule has 2 aromatic heterocycles. The maximum atomic E-state index is 12.6. The fraction of sp³-hybridized carbons (Fsp3) is 0.630. The molecule has 11 N–H and O–H groups in total. The molecule has 2 aromatic rings. The molecule has 7 atom stereocenters. The second kappa shape index (κ2) is 21.7. The summed E-state index contributed by atoms with van der Waals surface area (Å²) in [5, 5.41) is 34.2. The number of nitrogens with two attached hydrogens (primary N) is 1. The van der Waals surface area contributed by atoms with Crippen LogP contribution in [0.1, 0.15) is 46.3 Å². The van der Waals surface area contributed by atoms with Crippen molar-refractivity contribution < 1.29 is 85.6 Å². The molecular formula is C27H46N7O18P3S. The summed E-state index contributed by atoms with van der Waals surface area (Å²) in [7, 11) is -16.3. The molecular weight excluding hydrogens is 835 g/mol. The van der Waals surface area contributed by atoms with E-state index in [1.165, 1.54) is 13.8 Å². The number of carbonyl (C=O) groups is 3. The van der Waals surface area contributed by atoms with Gasteiger partial charge in [-0.25, -0.2) is 28.6 Å². The zero-order chi connectivity index (χ0) is 42.5. The minimum Gasteiger partial charge on any atom is -0.481 e. The van der Waals surface area contributed by atoms with Gasteiger partial charge in [-0.15, -0.1) is 0 Å². The first kappa shape index (κ1) is 49.2. The van der Waals surface area contributed by atoms with Crippen LogP contribution in [0.3, 0.4) is 0 Å². The van der Waals surface area contributed by atoms with Crippen molar-refractivity contribution in [2.24, 2.45) is 5.41 Å².